The number of aliphatic hydroxyl groups excluding tert-OH is 1. The van der Waals surface area contributed by atoms with E-state index in [1.165, 1.54) is 173 Å². The van der Waals surface area contributed by atoms with E-state index in [0.29, 0.717) is 25.7 Å². The Balaban J connectivity index is 5.17. The zero-order valence-electron chi connectivity index (χ0n) is 59.1. The van der Waals surface area contributed by atoms with Gasteiger partial charge in [-0.2, -0.15) is 0 Å². The normalized spacial score (nSPS) is 14.1. The lowest BCUT2D eigenvalue weighted by molar-refractivity contribution is -0.161. The first-order chi connectivity index (χ1) is 43.9. The van der Waals surface area contributed by atoms with Gasteiger partial charge in [-0.15, -0.1) is 0 Å². The molecule has 0 aromatic rings. The molecule has 0 heterocycles. The maximum absolute atomic E-state index is 13.0. The van der Waals surface area contributed by atoms with Gasteiger partial charge in [-0.3, -0.25) is 37.3 Å². The van der Waals surface area contributed by atoms with Crippen LogP contribution in [0.4, 0.5) is 0 Å². The van der Waals surface area contributed by atoms with Gasteiger partial charge in [0.1, 0.15) is 19.3 Å². The highest BCUT2D eigenvalue weighted by Crippen LogP contribution is 2.45. The Morgan fingerprint density at radius 1 is 0.297 bits per heavy atom. The Hall–Kier alpha value is -1.94. The molecule has 0 aliphatic rings. The number of hydrogen-bond acceptors (Lipinski definition) is 15. The molecule has 3 N–H and O–H groups in total. The van der Waals surface area contributed by atoms with Crippen molar-refractivity contribution < 1.29 is 80.2 Å². The van der Waals surface area contributed by atoms with Crippen LogP contribution >= 0.6 is 15.6 Å². The number of rotatable bonds is 71. The van der Waals surface area contributed by atoms with Gasteiger partial charge in [0.2, 0.25) is 0 Å². The third-order valence-electron chi connectivity index (χ3n) is 16.7. The summed E-state index contributed by atoms with van der Waals surface area (Å²) in [6.07, 6.45) is 50.3. The minimum absolute atomic E-state index is 0.104. The van der Waals surface area contributed by atoms with Gasteiger partial charge >= 0.3 is 39.5 Å². The summed E-state index contributed by atoms with van der Waals surface area (Å²) in [5.74, 6) is -0.651. The molecule has 0 rings (SSSR count). The van der Waals surface area contributed by atoms with Crippen molar-refractivity contribution >= 4 is 39.5 Å². The van der Waals surface area contributed by atoms with E-state index in [1.54, 1.807) is 0 Å². The van der Waals surface area contributed by atoms with Gasteiger partial charge in [-0.25, -0.2) is 9.13 Å². The van der Waals surface area contributed by atoms with Crippen LogP contribution in [0.15, 0.2) is 0 Å². The molecule has 0 radical (unpaired) electrons. The summed E-state index contributed by atoms with van der Waals surface area (Å²) in [5, 5.41) is 10.6. The first-order valence-electron chi connectivity index (χ1n) is 37.5. The molecule has 0 aliphatic carbocycles. The second-order valence-corrected chi connectivity index (χ2v) is 29.8. The van der Waals surface area contributed by atoms with Gasteiger partial charge in [0, 0.05) is 25.7 Å². The van der Waals surface area contributed by atoms with Crippen LogP contribution < -0.4 is 0 Å². The second-order valence-electron chi connectivity index (χ2n) is 26.9. The van der Waals surface area contributed by atoms with E-state index in [4.69, 9.17) is 37.0 Å². The predicted molar refractivity (Wildman–Crippen MR) is 368 cm³/mol. The van der Waals surface area contributed by atoms with Crippen molar-refractivity contribution in [1.29, 1.82) is 0 Å². The van der Waals surface area contributed by atoms with Crippen molar-refractivity contribution in [3.05, 3.63) is 0 Å². The highest BCUT2D eigenvalue weighted by atomic mass is 31.2. The average Bonchev–Trinajstić information content (AvgIpc) is 2.04. The predicted octanol–water partition coefficient (Wildman–Crippen LogP) is 20.8. The summed E-state index contributed by atoms with van der Waals surface area (Å²) in [6, 6.07) is 0. The summed E-state index contributed by atoms with van der Waals surface area (Å²) < 4.78 is 68.2. The highest BCUT2D eigenvalue weighted by Gasteiger charge is 2.30. The van der Waals surface area contributed by atoms with Crippen LogP contribution in [0.2, 0.25) is 0 Å². The Morgan fingerprint density at radius 2 is 0.505 bits per heavy atom. The molecule has 0 amide bonds. The number of carbonyl (C=O) groups excluding carboxylic acids is 4. The van der Waals surface area contributed by atoms with Gasteiger partial charge in [-0.1, -0.05) is 318 Å². The van der Waals surface area contributed by atoms with E-state index in [9.17, 15) is 43.2 Å². The van der Waals surface area contributed by atoms with Crippen LogP contribution in [0, 0.1) is 11.8 Å². The molecule has 540 valence electrons. The molecular weight excluding hydrogens is 1200 g/mol. The van der Waals surface area contributed by atoms with Gasteiger partial charge in [0.25, 0.3) is 0 Å². The number of carbonyl (C=O) groups is 4. The van der Waals surface area contributed by atoms with Crippen molar-refractivity contribution in [2.24, 2.45) is 11.8 Å². The number of unbranched alkanes of at least 4 members (excludes halogenated alkanes) is 41. The van der Waals surface area contributed by atoms with Crippen LogP contribution in [0.25, 0.3) is 0 Å². The van der Waals surface area contributed by atoms with E-state index in [-0.39, 0.29) is 25.7 Å². The van der Waals surface area contributed by atoms with Crippen LogP contribution in [-0.4, -0.2) is 96.7 Å². The summed E-state index contributed by atoms with van der Waals surface area (Å²) in [5.41, 5.74) is 0. The number of aliphatic hydroxyl groups is 1. The van der Waals surface area contributed by atoms with E-state index >= 15 is 0 Å². The minimum Gasteiger partial charge on any atom is -0.462 e. The van der Waals surface area contributed by atoms with Crippen molar-refractivity contribution in [2.45, 2.75) is 387 Å². The third kappa shape index (κ3) is 66.5. The lowest BCUT2D eigenvalue weighted by Gasteiger charge is -2.21. The zero-order chi connectivity index (χ0) is 67.2. The average molecular weight is 1340 g/mol. The SMILES string of the molecule is CCCCCCCCCCCCCCCCCCCCCCC(=O)O[C@H](COC(=O)CCCCCCCCCCCCC(C)C)COP(=O)(O)OC[C@@H](O)COP(=O)(O)OC[C@@H](COC(=O)CCCCCCCCC)OC(=O)CCCCCCCCCCC(C)C. The quantitative estimate of drug-likeness (QED) is 0.0222. The molecule has 5 atom stereocenters. The van der Waals surface area contributed by atoms with E-state index in [0.717, 1.165) is 115 Å². The minimum atomic E-state index is -4.95. The smallest absolute Gasteiger partial charge is 0.462 e. The zero-order valence-corrected chi connectivity index (χ0v) is 60.9. The molecule has 91 heavy (non-hydrogen) atoms. The lowest BCUT2D eigenvalue weighted by atomic mass is 10.0. The topological polar surface area (TPSA) is 237 Å². The van der Waals surface area contributed by atoms with Gasteiger partial charge in [-0.05, 0) is 37.5 Å². The van der Waals surface area contributed by atoms with Gasteiger partial charge in [0.05, 0.1) is 26.4 Å². The fraction of sp³-hybridized carbons (Fsp3) is 0.944. The van der Waals surface area contributed by atoms with Crippen molar-refractivity contribution in [1.82, 2.24) is 0 Å². The Bertz CT molecular complexity index is 1770. The summed E-state index contributed by atoms with van der Waals surface area (Å²) >= 11 is 0. The third-order valence-corrected chi connectivity index (χ3v) is 18.6. The van der Waals surface area contributed by atoms with Crippen molar-refractivity contribution in [3.8, 4) is 0 Å². The van der Waals surface area contributed by atoms with Gasteiger partial charge < -0.3 is 33.8 Å². The van der Waals surface area contributed by atoms with Crippen molar-refractivity contribution in [2.75, 3.05) is 39.6 Å². The van der Waals surface area contributed by atoms with Gasteiger partial charge in [0.15, 0.2) is 12.2 Å². The lowest BCUT2D eigenvalue weighted by Crippen LogP contribution is -2.30. The number of ether oxygens (including phenoxy) is 4. The molecule has 0 saturated carbocycles. The summed E-state index contributed by atoms with van der Waals surface area (Å²) in [6.45, 7) is 9.47. The molecule has 17 nitrogen and oxygen atoms in total. The molecule has 0 aliphatic heterocycles. The number of esters is 4. The van der Waals surface area contributed by atoms with Crippen LogP contribution in [0.5, 0.6) is 0 Å². The first kappa shape index (κ1) is 89.1. The van der Waals surface area contributed by atoms with E-state index in [1.807, 2.05) is 0 Å². The monoisotopic (exact) mass is 1340 g/mol. The Labute approximate surface area is 556 Å². The molecule has 0 aromatic heterocycles. The fourth-order valence-corrected chi connectivity index (χ4v) is 12.5. The van der Waals surface area contributed by atoms with E-state index < -0.39 is 97.5 Å². The van der Waals surface area contributed by atoms with Crippen molar-refractivity contribution in [3.63, 3.8) is 0 Å². The van der Waals surface area contributed by atoms with Crippen LogP contribution in [0.3, 0.4) is 0 Å². The highest BCUT2D eigenvalue weighted by molar-refractivity contribution is 7.47. The first-order valence-corrected chi connectivity index (χ1v) is 40.5. The molecular formula is C72H140O17P2. The fourth-order valence-electron chi connectivity index (χ4n) is 10.9. The summed E-state index contributed by atoms with van der Waals surface area (Å²) in [4.78, 5) is 72.5. The van der Waals surface area contributed by atoms with Crippen LogP contribution in [0.1, 0.15) is 369 Å². The largest absolute Gasteiger partial charge is 0.472 e. The maximum Gasteiger partial charge on any atom is 0.472 e. The molecule has 0 fully saturated rings. The molecule has 0 bridgehead atoms. The second kappa shape index (κ2) is 64.1. The Morgan fingerprint density at radius 3 is 0.747 bits per heavy atom. The number of hydrogen-bond donors (Lipinski definition) is 3. The number of phosphoric acid groups is 2. The molecule has 19 heteroatoms. The Kier molecular flexibility index (Phi) is 62.7. The molecule has 0 saturated heterocycles. The van der Waals surface area contributed by atoms with Crippen LogP contribution in [-0.2, 0) is 65.4 Å². The summed E-state index contributed by atoms with van der Waals surface area (Å²) in [7, 11) is -9.90. The number of phosphoric ester groups is 2. The standard InChI is InChI=1S/C72H140O17P2/c1-7-9-11-13-15-16-17-18-19-20-21-22-23-24-25-26-31-38-44-50-56-71(76)88-68(61-83-70(75)55-49-43-37-30-28-27-29-35-40-46-52-64(3)4)63-87-91(80,81)85-59-66(73)58-84-90(78,79)86-62-67(60-82-69(74)54-48-42-34-14-12-10-8-2)89-72(77)57-51-45-39-33-32-36-41-47-53-65(5)6/h64-68,73H,7-63H2,1-6H3,(H,78,79)(H,80,81)/t66-,67+,68+/m0/s1. The van der Waals surface area contributed by atoms with E-state index in [2.05, 4.69) is 41.5 Å². The molecule has 0 aromatic carbocycles. The maximum atomic E-state index is 13.0. The molecule has 0 spiro atoms. The molecule has 2 unspecified atom stereocenters.